The molecule has 16 heavy (non-hydrogen) atoms. The first-order valence-corrected chi connectivity index (χ1v) is 5.43. The molecule has 1 aromatic heterocycles. The van der Waals surface area contributed by atoms with Gasteiger partial charge >= 0.3 is 0 Å². The molecule has 0 aliphatic rings. The minimum atomic E-state index is 0.442. The van der Waals surface area contributed by atoms with E-state index in [1.807, 2.05) is 43.3 Å². The fourth-order valence-corrected chi connectivity index (χ4v) is 1.57. The van der Waals surface area contributed by atoms with Gasteiger partial charge in [0.05, 0.1) is 0 Å². The van der Waals surface area contributed by atoms with E-state index in [4.69, 9.17) is 16.3 Å². The molecule has 2 rings (SSSR count). The van der Waals surface area contributed by atoms with Crippen molar-refractivity contribution in [3.63, 3.8) is 0 Å². The summed E-state index contributed by atoms with van der Waals surface area (Å²) in [5.74, 6) is 0.877. The van der Waals surface area contributed by atoms with Gasteiger partial charge in [0.1, 0.15) is 17.5 Å². The van der Waals surface area contributed by atoms with Crippen molar-refractivity contribution in [3.8, 4) is 5.75 Å². The van der Waals surface area contributed by atoms with Crippen LogP contribution in [-0.4, -0.2) is 4.98 Å². The minimum absolute atomic E-state index is 0.442. The van der Waals surface area contributed by atoms with Gasteiger partial charge in [-0.1, -0.05) is 35.9 Å². The maximum Gasteiger partial charge on any atom is 0.135 e. The van der Waals surface area contributed by atoms with Crippen molar-refractivity contribution < 1.29 is 4.74 Å². The smallest absolute Gasteiger partial charge is 0.135 e. The minimum Gasteiger partial charge on any atom is -0.489 e. The van der Waals surface area contributed by atoms with Crippen LogP contribution in [0.2, 0.25) is 5.15 Å². The van der Waals surface area contributed by atoms with Gasteiger partial charge in [0, 0.05) is 11.8 Å². The number of aryl methyl sites for hydroxylation is 1. The molecular formula is C13H12ClNO. The Morgan fingerprint density at radius 1 is 1.19 bits per heavy atom. The normalized spacial score (nSPS) is 10.1. The Morgan fingerprint density at radius 2 is 2.00 bits per heavy atom. The molecule has 0 N–H and O–H groups in total. The van der Waals surface area contributed by atoms with Crippen LogP contribution in [0.25, 0.3) is 0 Å². The summed E-state index contributed by atoms with van der Waals surface area (Å²) in [6, 6.07) is 11.7. The van der Waals surface area contributed by atoms with E-state index in [0.29, 0.717) is 11.8 Å². The third kappa shape index (κ3) is 2.52. The predicted molar refractivity (Wildman–Crippen MR) is 64.8 cm³/mol. The summed E-state index contributed by atoms with van der Waals surface area (Å²) in [7, 11) is 0. The molecule has 0 radical (unpaired) electrons. The van der Waals surface area contributed by atoms with Crippen molar-refractivity contribution in [2.75, 3.05) is 0 Å². The monoisotopic (exact) mass is 233 g/mol. The zero-order valence-electron chi connectivity index (χ0n) is 8.98. The molecule has 0 amide bonds. The average molecular weight is 234 g/mol. The lowest BCUT2D eigenvalue weighted by Crippen LogP contribution is -1.98. The molecule has 0 aliphatic carbocycles. The van der Waals surface area contributed by atoms with Gasteiger partial charge in [-0.2, -0.15) is 0 Å². The fraction of sp³-hybridized carbons (Fsp3) is 0.154. The molecule has 0 spiro atoms. The van der Waals surface area contributed by atoms with Crippen LogP contribution in [-0.2, 0) is 6.61 Å². The van der Waals surface area contributed by atoms with Crippen molar-refractivity contribution in [2.45, 2.75) is 13.5 Å². The zero-order valence-corrected chi connectivity index (χ0v) is 9.74. The van der Waals surface area contributed by atoms with Gasteiger partial charge in [0.2, 0.25) is 0 Å². The number of para-hydroxylation sites is 1. The Morgan fingerprint density at radius 3 is 2.75 bits per heavy atom. The van der Waals surface area contributed by atoms with Crippen molar-refractivity contribution in [1.29, 1.82) is 0 Å². The molecule has 0 fully saturated rings. The molecule has 0 atom stereocenters. The molecule has 0 bridgehead atoms. The Labute approximate surface area is 99.9 Å². The number of benzene rings is 1. The number of hydrogen-bond acceptors (Lipinski definition) is 2. The van der Waals surface area contributed by atoms with Gasteiger partial charge in [-0.15, -0.1) is 0 Å². The van der Waals surface area contributed by atoms with E-state index in [9.17, 15) is 0 Å². The second kappa shape index (κ2) is 4.99. The molecule has 82 valence electrons. The van der Waals surface area contributed by atoms with E-state index in [-0.39, 0.29) is 0 Å². The quantitative estimate of drug-likeness (QED) is 0.756. The van der Waals surface area contributed by atoms with Crippen LogP contribution < -0.4 is 4.74 Å². The van der Waals surface area contributed by atoms with Crippen LogP contribution in [0.15, 0.2) is 42.6 Å². The lowest BCUT2D eigenvalue weighted by atomic mass is 10.2. The molecule has 0 aliphatic heterocycles. The summed E-state index contributed by atoms with van der Waals surface area (Å²) >= 11 is 5.94. The van der Waals surface area contributed by atoms with Gasteiger partial charge in [-0.3, -0.25) is 0 Å². The van der Waals surface area contributed by atoms with E-state index in [1.165, 1.54) is 0 Å². The number of aromatic nitrogens is 1. The Kier molecular flexibility index (Phi) is 3.42. The largest absolute Gasteiger partial charge is 0.489 e. The Bertz CT molecular complexity index is 439. The number of ether oxygens (including phenoxy) is 1. The van der Waals surface area contributed by atoms with Crippen molar-refractivity contribution in [3.05, 3.63) is 58.9 Å². The molecule has 3 heteroatoms. The molecule has 0 saturated carbocycles. The van der Waals surface area contributed by atoms with Gasteiger partial charge in [-0.25, -0.2) is 4.98 Å². The van der Waals surface area contributed by atoms with Crippen LogP contribution in [0.4, 0.5) is 0 Å². The number of rotatable bonds is 3. The van der Waals surface area contributed by atoms with Crippen molar-refractivity contribution in [2.24, 2.45) is 0 Å². The third-order valence-corrected chi connectivity index (χ3v) is 2.65. The Hall–Kier alpha value is -1.54. The SMILES string of the molecule is Cc1ccccc1OCc1cccnc1Cl. The van der Waals surface area contributed by atoms with Crippen LogP contribution in [0.1, 0.15) is 11.1 Å². The summed E-state index contributed by atoms with van der Waals surface area (Å²) < 4.78 is 5.68. The summed E-state index contributed by atoms with van der Waals surface area (Å²) in [5.41, 5.74) is 2.01. The lowest BCUT2D eigenvalue weighted by Gasteiger charge is -2.09. The number of pyridine rings is 1. The van der Waals surface area contributed by atoms with E-state index in [1.54, 1.807) is 6.20 Å². The van der Waals surface area contributed by atoms with E-state index in [0.717, 1.165) is 16.9 Å². The highest BCUT2D eigenvalue weighted by molar-refractivity contribution is 6.30. The van der Waals surface area contributed by atoms with Gasteiger partial charge in [0.25, 0.3) is 0 Å². The standard InChI is InChI=1S/C13H12ClNO/c1-10-5-2-3-7-12(10)16-9-11-6-4-8-15-13(11)14/h2-8H,9H2,1H3. The highest BCUT2D eigenvalue weighted by Crippen LogP contribution is 2.19. The second-order valence-electron chi connectivity index (χ2n) is 3.51. The highest BCUT2D eigenvalue weighted by Gasteiger charge is 2.02. The number of nitrogens with zero attached hydrogens (tertiary/aromatic N) is 1. The predicted octanol–water partition coefficient (Wildman–Crippen LogP) is 3.62. The van der Waals surface area contributed by atoms with Crippen LogP contribution in [0.3, 0.4) is 0 Å². The molecule has 2 nitrogen and oxygen atoms in total. The summed E-state index contributed by atoms with van der Waals surface area (Å²) in [4.78, 5) is 4.00. The second-order valence-corrected chi connectivity index (χ2v) is 3.87. The van der Waals surface area contributed by atoms with Gasteiger partial charge < -0.3 is 4.74 Å². The molecule has 1 heterocycles. The summed E-state index contributed by atoms with van der Waals surface area (Å²) in [5, 5.41) is 0.496. The fourth-order valence-electron chi connectivity index (χ4n) is 1.40. The first kappa shape index (κ1) is 11.0. The number of hydrogen-bond donors (Lipinski definition) is 0. The van der Waals surface area contributed by atoms with Gasteiger partial charge in [-0.05, 0) is 24.6 Å². The number of halogens is 1. The first-order valence-electron chi connectivity index (χ1n) is 5.05. The summed E-state index contributed by atoms with van der Waals surface area (Å²) in [6.45, 7) is 2.46. The Balaban J connectivity index is 2.09. The average Bonchev–Trinajstić information content (AvgIpc) is 2.30. The molecular weight excluding hydrogens is 222 g/mol. The van der Waals surface area contributed by atoms with Gasteiger partial charge in [0.15, 0.2) is 0 Å². The zero-order chi connectivity index (χ0) is 11.4. The molecule has 2 aromatic rings. The highest BCUT2D eigenvalue weighted by atomic mass is 35.5. The molecule has 0 saturated heterocycles. The van der Waals surface area contributed by atoms with Crippen LogP contribution in [0.5, 0.6) is 5.75 Å². The van der Waals surface area contributed by atoms with E-state index < -0.39 is 0 Å². The summed E-state index contributed by atoms with van der Waals surface area (Å²) in [6.07, 6.45) is 1.67. The maximum absolute atomic E-state index is 5.94. The topological polar surface area (TPSA) is 22.1 Å². The molecule has 0 unspecified atom stereocenters. The van der Waals surface area contributed by atoms with E-state index >= 15 is 0 Å². The maximum atomic E-state index is 5.94. The van der Waals surface area contributed by atoms with Crippen molar-refractivity contribution in [1.82, 2.24) is 4.98 Å². The van der Waals surface area contributed by atoms with Crippen molar-refractivity contribution >= 4 is 11.6 Å². The first-order chi connectivity index (χ1) is 7.77. The lowest BCUT2D eigenvalue weighted by molar-refractivity contribution is 0.304. The van der Waals surface area contributed by atoms with E-state index in [2.05, 4.69) is 4.98 Å². The molecule has 1 aromatic carbocycles. The van der Waals surface area contributed by atoms with Crippen LogP contribution in [0, 0.1) is 6.92 Å². The third-order valence-electron chi connectivity index (χ3n) is 2.31. The van der Waals surface area contributed by atoms with Crippen LogP contribution >= 0.6 is 11.6 Å².